The molecule has 1 heterocycles. The van der Waals surface area contributed by atoms with E-state index in [0.717, 1.165) is 11.1 Å². The van der Waals surface area contributed by atoms with Crippen molar-refractivity contribution in [1.82, 2.24) is 9.47 Å². The van der Waals surface area contributed by atoms with Crippen LogP contribution in [-0.2, 0) is 11.3 Å². The molecule has 2 aromatic carbocycles. The average molecular weight is 483 g/mol. The second-order valence-electron chi connectivity index (χ2n) is 6.77. The van der Waals surface area contributed by atoms with Crippen molar-refractivity contribution in [2.75, 3.05) is 18.4 Å². The number of amides is 2. The van der Waals surface area contributed by atoms with Crippen molar-refractivity contribution in [3.63, 3.8) is 0 Å². The third-order valence-electron chi connectivity index (χ3n) is 4.85. The van der Waals surface area contributed by atoms with Crippen molar-refractivity contribution < 1.29 is 14.3 Å². The average Bonchev–Trinajstić information content (AvgIpc) is 3.15. The number of ether oxygens (including phenoxy) is 1. The maximum absolute atomic E-state index is 12.5. The van der Waals surface area contributed by atoms with Gasteiger partial charge in [-0.2, -0.15) is 0 Å². The molecule has 3 rings (SSSR count). The summed E-state index contributed by atoms with van der Waals surface area (Å²) in [6.45, 7) is 5.32. The number of nitrogens with zero attached hydrogens (tertiary/aromatic N) is 2. The molecule has 0 spiro atoms. The first-order chi connectivity index (χ1) is 14.8. The molecule has 1 N–H and O–H groups in total. The third kappa shape index (κ3) is 5.45. The van der Waals surface area contributed by atoms with Gasteiger partial charge in [0.2, 0.25) is 0 Å². The smallest absolute Gasteiger partial charge is 0.408 e. The molecule has 31 heavy (non-hydrogen) atoms. The molecule has 0 aliphatic rings. The summed E-state index contributed by atoms with van der Waals surface area (Å²) in [7, 11) is 0. The predicted molar refractivity (Wildman–Crippen MR) is 126 cm³/mol. The molecule has 9 heteroatoms. The van der Waals surface area contributed by atoms with Crippen LogP contribution < -0.4 is 10.1 Å². The zero-order valence-electron chi connectivity index (χ0n) is 17.1. The standard InChI is InChI=1S/C22H22Cl3N3O3/c1-3-27(4-2)22(30)31-18-10-9-17-16(19(18)26-21(29)20(24)25)11-12-28(17)13-14-5-7-15(23)8-6-14/h5-12,20H,3-4,13H2,1-2H3,(H,26,29). The van der Waals surface area contributed by atoms with Crippen LogP contribution in [0.25, 0.3) is 10.9 Å². The number of anilines is 1. The van der Waals surface area contributed by atoms with Crippen LogP contribution in [0.2, 0.25) is 5.02 Å². The number of carbonyl (C=O) groups excluding carboxylic acids is 2. The van der Waals surface area contributed by atoms with Gasteiger partial charge in [-0.1, -0.05) is 46.9 Å². The molecule has 3 aromatic rings. The number of hydrogen-bond donors (Lipinski definition) is 1. The molecule has 164 valence electrons. The van der Waals surface area contributed by atoms with Crippen molar-refractivity contribution in [2.24, 2.45) is 0 Å². The minimum atomic E-state index is -1.27. The van der Waals surface area contributed by atoms with Crippen LogP contribution in [0.4, 0.5) is 10.5 Å². The molecule has 0 saturated carbocycles. The van der Waals surface area contributed by atoms with E-state index in [1.165, 1.54) is 4.90 Å². The van der Waals surface area contributed by atoms with Gasteiger partial charge >= 0.3 is 6.09 Å². The molecular weight excluding hydrogens is 461 g/mol. The summed E-state index contributed by atoms with van der Waals surface area (Å²) in [5.41, 5.74) is 2.24. The van der Waals surface area contributed by atoms with Crippen molar-refractivity contribution in [2.45, 2.75) is 25.2 Å². The van der Waals surface area contributed by atoms with Gasteiger partial charge in [0.1, 0.15) is 0 Å². The van der Waals surface area contributed by atoms with Gasteiger partial charge in [0, 0.05) is 36.2 Å². The lowest BCUT2D eigenvalue weighted by Gasteiger charge is -2.20. The number of halogens is 3. The summed E-state index contributed by atoms with van der Waals surface area (Å²) in [6.07, 6.45) is 1.39. The molecule has 0 aliphatic carbocycles. The number of hydrogen-bond acceptors (Lipinski definition) is 3. The van der Waals surface area contributed by atoms with Crippen LogP contribution in [0, 0.1) is 0 Å². The van der Waals surface area contributed by atoms with Crippen LogP contribution in [0.5, 0.6) is 5.75 Å². The van der Waals surface area contributed by atoms with Crippen LogP contribution in [0.3, 0.4) is 0 Å². The molecule has 0 atom stereocenters. The number of aromatic nitrogens is 1. The highest BCUT2D eigenvalue weighted by Crippen LogP contribution is 2.35. The zero-order chi connectivity index (χ0) is 22.5. The van der Waals surface area contributed by atoms with Gasteiger partial charge in [0.05, 0.1) is 11.2 Å². The second-order valence-corrected chi connectivity index (χ2v) is 8.30. The molecule has 0 fully saturated rings. The first-order valence-corrected chi connectivity index (χ1v) is 11.0. The van der Waals surface area contributed by atoms with Gasteiger partial charge in [-0.15, -0.1) is 0 Å². The summed E-state index contributed by atoms with van der Waals surface area (Å²) in [5.74, 6) is -0.391. The SMILES string of the molecule is CCN(CC)C(=O)Oc1ccc2c(ccn2Cc2ccc(Cl)cc2)c1NC(=O)C(Cl)Cl. The first kappa shape index (κ1) is 23.3. The predicted octanol–water partition coefficient (Wildman–Crippen LogP) is 5.93. The Morgan fingerprint density at radius 1 is 1.06 bits per heavy atom. The van der Waals surface area contributed by atoms with E-state index in [4.69, 9.17) is 39.5 Å². The fourth-order valence-electron chi connectivity index (χ4n) is 3.21. The van der Waals surface area contributed by atoms with Crippen LogP contribution in [0.15, 0.2) is 48.7 Å². The first-order valence-electron chi connectivity index (χ1n) is 9.76. The quantitative estimate of drug-likeness (QED) is 0.425. The van der Waals surface area contributed by atoms with E-state index in [-0.39, 0.29) is 5.75 Å². The number of rotatable bonds is 7. The Bertz CT molecular complexity index is 1080. The number of alkyl halides is 2. The summed E-state index contributed by atoms with van der Waals surface area (Å²) in [6, 6.07) is 12.9. The number of nitrogens with one attached hydrogen (secondary N) is 1. The molecule has 0 aliphatic heterocycles. The van der Waals surface area contributed by atoms with Gasteiger partial charge in [0.15, 0.2) is 10.6 Å². The molecular formula is C22H22Cl3N3O3. The highest BCUT2D eigenvalue weighted by molar-refractivity contribution is 6.54. The maximum atomic E-state index is 12.5. The lowest BCUT2D eigenvalue weighted by molar-refractivity contribution is -0.114. The lowest BCUT2D eigenvalue weighted by atomic mass is 10.2. The van der Waals surface area contributed by atoms with Gasteiger partial charge in [-0.3, -0.25) is 4.79 Å². The van der Waals surface area contributed by atoms with E-state index in [1.54, 1.807) is 6.07 Å². The largest absolute Gasteiger partial charge is 0.415 e. The molecule has 2 amide bonds. The van der Waals surface area contributed by atoms with Gasteiger partial charge in [-0.05, 0) is 49.7 Å². The third-order valence-corrected chi connectivity index (χ3v) is 5.49. The van der Waals surface area contributed by atoms with Gasteiger partial charge < -0.3 is 19.5 Å². The molecule has 0 unspecified atom stereocenters. The van der Waals surface area contributed by atoms with Crippen molar-refractivity contribution in [1.29, 1.82) is 0 Å². The minimum Gasteiger partial charge on any atom is -0.408 e. The Labute approximate surface area is 195 Å². The Hall–Kier alpha value is -2.41. The Morgan fingerprint density at radius 2 is 1.74 bits per heavy atom. The van der Waals surface area contributed by atoms with E-state index in [1.807, 2.05) is 61.0 Å². The van der Waals surface area contributed by atoms with E-state index in [0.29, 0.717) is 35.7 Å². The highest BCUT2D eigenvalue weighted by Gasteiger charge is 2.21. The summed E-state index contributed by atoms with van der Waals surface area (Å²) in [5, 5.41) is 4.05. The maximum Gasteiger partial charge on any atom is 0.415 e. The minimum absolute atomic E-state index is 0.218. The topological polar surface area (TPSA) is 63.6 Å². The van der Waals surface area contributed by atoms with E-state index < -0.39 is 16.8 Å². The Balaban J connectivity index is 2.00. The fraction of sp³-hybridized carbons (Fsp3) is 0.273. The molecule has 0 radical (unpaired) electrons. The van der Waals surface area contributed by atoms with Crippen LogP contribution in [0.1, 0.15) is 19.4 Å². The van der Waals surface area contributed by atoms with E-state index in [9.17, 15) is 9.59 Å². The summed E-state index contributed by atoms with van der Waals surface area (Å²) < 4.78 is 7.60. The molecule has 1 aromatic heterocycles. The van der Waals surface area contributed by atoms with Crippen LogP contribution >= 0.6 is 34.8 Å². The Kier molecular flexibility index (Phi) is 7.70. The van der Waals surface area contributed by atoms with Crippen molar-refractivity contribution >= 4 is 63.4 Å². The fourth-order valence-corrected chi connectivity index (χ4v) is 3.44. The lowest BCUT2D eigenvalue weighted by Crippen LogP contribution is -2.33. The van der Waals surface area contributed by atoms with Crippen molar-refractivity contribution in [3.05, 3.63) is 59.2 Å². The zero-order valence-corrected chi connectivity index (χ0v) is 19.3. The monoisotopic (exact) mass is 481 g/mol. The number of carbonyl (C=O) groups is 2. The molecule has 6 nitrogen and oxygen atoms in total. The number of benzene rings is 2. The highest BCUT2D eigenvalue weighted by atomic mass is 35.5. The second kappa shape index (κ2) is 10.3. The molecule has 0 saturated heterocycles. The number of fused-ring (bicyclic) bond motifs is 1. The summed E-state index contributed by atoms with van der Waals surface area (Å²) in [4.78, 5) is 25.0. The van der Waals surface area contributed by atoms with E-state index in [2.05, 4.69) is 5.32 Å². The summed E-state index contributed by atoms with van der Waals surface area (Å²) >= 11 is 17.4. The molecule has 0 bridgehead atoms. The van der Waals surface area contributed by atoms with Crippen molar-refractivity contribution in [3.8, 4) is 5.75 Å². The van der Waals surface area contributed by atoms with Crippen LogP contribution in [-0.4, -0.2) is 39.4 Å². The Morgan fingerprint density at radius 3 is 2.35 bits per heavy atom. The van der Waals surface area contributed by atoms with Gasteiger partial charge in [0.25, 0.3) is 5.91 Å². The van der Waals surface area contributed by atoms with E-state index >= 15 is 0 Å². The van der Waals surface area contributed by atoms with Gasteiger partial charge in [-0.25, -0.2) is 4.79 Å². The normalized spacial score (nSPS) is 11.0.